The van der Waals surface area contributed by atoms with E-state index in [9.17, 15) is 19.5 Å². The molecule has 1 aromatic rings. The van der Waals surface area contributed by atoms with Gasteiger partial charge in [-0.2, -0.15) is 0 Å². The van der Waals surface area contributed by atoms with Crippen LogP contribution in [-0.4, -0.2) is 39.6 Å². The maximum absolute atomic E-state index is 13.1. The first-order chi connectivity index (χ1) is 14.6. The number of amides is 1. The molecule has 31 heavy (non-hydrogen) atoms. The van der Waals surface area contributed by atoms with Gasteiger partial charge in [0.05, 0.1) is 23.0 Å². The van der Waals surface area contributed by atoms with Crippen LogP contribution in [0, 0.1) is 22.7 Å². The van der Waals surface area contributed by atoms with Gasteiger partial charge in [0, 0.05) is 17.8 Å². The van der Waals surface area contributed by atoms with Crippen LogP contribution < -0.4 is 5.32 Å². The Kier molecular flexibility index (Phi) is 4.19. The van der Waals surface area contributed by atoms with Gasteiger partial charge in [-0.3, -0.25) is 9.59 Å². The van der Waals surface area contributed by atoms with Gasteiger partial charge in [0.15, 0.2) is 5.78 Å². The zero-order valence-electron chi connectivity index (χ0n) is 17.7. The van der Waals surface area contributed by atoms with Crippen molar-refractivity contribution in [2.75, 3.05) is 5.32 Å². The van der Waals surface area contributed by atoms with E-state index in [0.29, 0.717) is 12.3 Å². The minimum Gasteiger partial charge on any atom is -0.506 e. The zero-order chi connectivity index (χ0) is 22.2. The molecule has 3 aliphatic carbocycles. The fourth-order valence-corrected chi connectivity index (χ4v) is 7.00. The number of aromatic hydroxyl groups is 1. The number of rotatable bonds is 5. The Morgan fingerprint density at radius 2 is 2.06 bits per heavy atom. The van der Waals surface area contributed by atoms with Crippen molar-refractivity contribution >= 4 is 23.3 Å². The average Bonchev–Trinajstić information content (AvgIpc) is 3.06. The van der Waals surface area contributed by atoms with Crippen LogP contribution in [0.5, 0.6) is 5.75 Å². The van der Waals surface area contributed by atoms with Crippen LogP contribution in [-0.2, 0) is 14.3 Å². The predicted molar refractivity (Wildman–Crippen MR) is 112 cm³/mol. The van der Waals surface area contributed by atoms with Gasteiger partial charge >= 0.3 is 5.97 Å². The first kappa shape index (κ1) is 20.2. The van der Waals surface area contributed by atoms with Crippen LogP contribution in [0.4, 0.5) is 5.69 Å². The smallest absolute Gasteiger partial charge is 0.335 e. The standard InChI is InChI=1S/C24H27NO6/c1-22(7-6-19(28)25-15-9-13(21(29)30)3-4-16(15)26)18(27)5-8-24-11-14-10-17(20(22)24)31-23(14,2)12-24/h3-5,8-9,14,17,20,26H,6-7,10-12H2,1-2H3,(H,25,28)(H,29,30)/t14?,17?,20?,22-,23?,24?/m1/s1. The van der Waals surface area contributed by atoms with Gasteiger partial charge < -0.3 is 20.3 Å². The number of ketones is 1. The molecule has 3 N–H and O–H groups in total. The van der Waals surface area contributed by atoms with E-state index in [1.807, 2.05) is 6.92 Å². The van der Waals surface area contributed by atoms with Crippen molar-refractivity contribution in [3.8, 4) is 5.75 Å². The summed E-state index contributed by atoms with van der Waals surface area (Å²) in [5, 5.41) is 21.7. The molecule has 1 aromatic carbocycles. The summed E-state index contributed by atoms with van der Waals surface area (Å²) >= 11 is 0. The number of phenols is 1. The molecule has 4 bridgehead atoms. The van der Waals surface area contributed by atoms with Crippen molar-refractivity contribution in [1.29, 1.82) is 0 Å². The van der Waals surface area contributed by atoms with Crippen LogP contribution in [0.15, 0.2) is 30.4 Å². The van der Waals surface area contributed by atoms with E-state index in [2.05, 4.69) is 18.3 Å². The number of carbonyl (C=O) groups excluding carboxylic acids is 2. The number of carboxylic acid groups (broad SMARTS) is 1. The van der Waals surface area contributed by atoms with Crippen molar-refractivity contribution in [2.45, 2.75) is 57.7 Å². The Morgan fingerprint density at radius 1 is 1.29 bits per heavy atom. The number of benzene rings is 1. The fraction of sp³-hybridized carbons (Fsp3) is 0.542. The molecule has 5 unspecified atom stereocenters. The summed E-state index contributed by atoms with van der Waals surface area (Å²) in [6.45, 7) is 4.15. The summed E-state index contributed by atoms with van der Waals surface area (Å²) in [4.78, 5) is 36.9. The maximum Gasteiger partial charge on any atom is 0.335 e. The Morgan fingerprint density at radius 3 is 2.77 bits per heavy atom. The summed E-state index contributed by atoms with van der Waals surface area (Å²) in [5.74, 6) is -1.09. The molecule has 1 spiro atoms. The Hall–Kier alpha value is -2.67. The second-order valence-corrected chi connectivity index (χ2v) is 10.2. The molecule has 2 aliphatic heterocycles. The topological polar surface area (TPSA) is 113 Å². The molecule has 2 saturated carbocycles. The molecule has 5 aliphatic rings. The van der Waals surface area contributed by atoms with Gasteiger partial charge in [-0.05, 0) is 68.2 Å². The number of nitrogens with one attached hydrogen (secondary N) is 1. The number of ether oxygens (including phenoxy) is 1. The van der Waals surface area contributed by atoms with Crippen LogP contribution in [0.3, 0.4) is 0 Å². The molecule has 1 amide bonds. The van der Waals surface area contributed by atoms with Crippen molar-refractivity contribution in [2.24, 2.45) is 22.7 Å². The Labute approximate surface area is 180 Å². The molecule has 7 nitrogen and oxygen atoms in total. The molecule has 0 aromatic heterocycles. The molecule has 164 valence electrons. The number of hydrogen-bond acceptors (Lipinski definition) is 5. The quantitative estimate of drug-likeness (QED) is 0.622. The van der Waals surface area contributed by atoms with E-state index in [1.54, 1.807) is 6.08 Å². The Bertz CT molecular complexity index is 1030. The van der Waals surface area contributed by atoms with Gasteiger partial charge in [0.1, 0.15) is 5.75 Å². The number of allylic oxidation sites excluding steroid dienone is 2. The average molecular weight is 425 g/mol. The second kappa shape index (κ2) is 6.42. The summed E-state index contributed by atoms with van der Waals surface area (Å²) in [7, 11) is 0. The molecule has 2 heterocycles. The molecule has 6 rings (SSSR count). The monoisotopic (exact) mass is 425 g/mol. The molecule has 2 saturated heterocycles. The summed E-state index contributed by atoms with van der Waals surface area (Å²) in [5.41, 5.74) is -0.809. The zero-order valence-corrected chi connectivity index (χ0v) is 17.7. The number of aromatic carboxylic acids is 1. The third-order valence-electron chi connectivity index (χ3n) is 8.30. The lowest BCUT2D eigenvalue weighted by Crippen LogP contribution is -2.56. The number of phenolic OH excluding ortho intramolecular Hbond substituents is 1. The lowest BCUT2D eigenvalue weighted by atomic mass is 9.51. The number of anilines is 1. The first-order valence-corrected chi connectivity index (χ1v) is 10.8. The van der Waals surface area contributed by atoms with Crippen molar-refractivity contribution in [3.63, 3.8) is 0 Å². The van der Waals surface area contributed by atoms with Crippen LogP contribution in [0.25, 0.3) is 0 Å². The van der Waals surface area contributed by atoms with E-state index < -0.39 is 11.4 Å². The minimum atomic E-state index is -1.15. The third-order valence-corrected chi connectivity index (χ3v) is 8.30. The van der Waals surface area contributed by atoms with E-state index in [1.165, 1.54) is 18.2 Å². The summed E-state index contributed by atoms with van der Waals surface area (Å²) in [6, 6.07) is 3.73. The highest BCUT2D eigenvalue weighted by atomic mass is 16.5. The highest BCUT2D eigenvalue weighted by Gasteiger charge is 2.71. The largest absolute Gasteiger partial charge is 0.506 e. The molecule has 4 fully saturated rings. The van der Waals surface area contributed by atoms with Gasteiger partial charge in [-0.15, -0.1) is 0 Å². The summed E-state index contributed by atoms with van der Waals surface area (Å²) < 4.78 is 6.43. The van der Waals surface area contributed by atoms with Gasteiger partial charge in [-0.1, -0.05) is 13.0 Å². The number of carbonyl (C=O) groups is 3. The van der Waals surface area contributed by atoms with E-state index in [0.717, 1.165) is 19.3 Å². The first-order valence-electron chi connectivity index (χ1n) is 10.8. The number of carboxylic acids is 1. The maximum atomic E-state index is 13.1. The van der Waals surface area contributed by atoms with Crippen molar-refractivity contribution in [1.82, 2.24) is 0 Å². The van der Waals surface area contributed by atoms with Crippen LogP contribution >= 0.6 is 0 Å². The van der Waals surface area contributed by atoms with Crippen LogP contribution in [0.1, 0.15) is 56.3 Å². The van der Waals surface area contributed by atoms with Gasteiger partial charge in [-0.25, -0.2) is 4.79 Å². The second-order valence-electron chi connectivity index (χ2n) is 10.2. The molecular weight excluding hydrogens is 398 g/mol. The predicted octanol–water partition coefficient (Wildman–Crippen LogP) is 3.53. The SMILES string of the molecule is CC12CC34C=CC(=O)[C@@](C)(CCC(=O)Nc5cc(C(=O)O)ccc5O)C3C(CC1C4)O2. The van der Waals surface area contributed by atoms with Gasteiger partial charge in [0.25, 0.3) is 0 Å². The molecular formula is C24H27NO6. The fourth-order valence-electron chi connectivity index (χ4n) is 7.00. The van der Waals surface area contributed by atoms with Crippen molar-refractivity contribution in [3.05, 3.63) is 35.9 Å². The van der Waals surface area contributed by atoms with Gasteiger partial charge in [0.2, 0.25) is 5.91 Å². The van der Waals surface area contributed by atoms with Crippen LogP contribution in [0.2, 0.25) is 0 Å². The van der Waals surface area contributed by atoms with Crippen molar-refractivity contribution < 1.29 is 29.3 Å². The molecule has 6 atom stereocenters. The highest BCUT2D eigenvalue weighted by molar-refractivity contribution is 5.98. The summed E-state index contributed by atoms with van der Waals surface area (Å²) in [6.07, 6.45) is 7.26. The van der Waals surface area contributed by atoms with E-state index >= 15 is 0 Å². The third kappa shape index (κ3) is 2.86. The molecule has 0 radical (unpaired) electrons. The minimum absolute atomic E-state index is 0.0298. The molecule has 7 heteroatoms. The normalized spacial score (nSPS) is 39.5. The lowest BCUT2D eigenvalue weighted by Gasteiger charge is -2.55. The number of hydrogen-bond donors (Lipinski definition) is 3. The highest BCUT2D eigenvalue weighted by Crippen LogP contribution is 2.71. The lowest BCUT2D eigenvalue weighted by molar-refractivity contribution is -0.169. The van der Waals surface area contributed by atoms with E-state index in [4.69, 9.17) is 9.84 Å². The van der Waals surface area contributed by atoms with E-state index in [-0.39, 0.29) is 58.1 Å². The Balaban J connectivity index is 1.34.